The predicted octanol–water partition coefficient (Wildman–Crippen LogP) is 2.31. The molecule has 0 radical (unpaired) electrons. The molecular weight excluding hydrogens is 170 g/mol. The van der Waals surface area contributed by atoms with Crippen LogP contribution in [0.15, 0.2) is 29.4 Å². The van der Waals surface area contributed by atoms with Crippen molar-refractivity contribution in [3.05, 3.63) is 24.5 Å². The monoisotopic (exact) mass is 181 g/mol. The van der Waals surface area contributed by atoms with Gasteiger partial charge in [0.1, 0.15) is 5.44 Å². The minimum absolute atomic E-state index is 0.368. The van der Waals surface area contributed by atoms with Crippen molar-refractivity contribution in [2.24, 2.45) is 0 Å². The van der Waals surface area contributed by atoms with E-state index in [2.05, 4.69) is 4.98 Å². The van der Waals surface area contributed by atoms with Gasteiger partial charge in [-0.1, -0.05) is 11.8 Å². The molecule has 0 spiro atoms. The van der Waals surface area contributed by atoms with E-state index in [-0.39, 0.29) is 0 Å². The molecule has 0 aromatic carbocycles. The molecule has 1 aliphatic rings. The van der Waals surface area contributed by atoms with Crippen molar-refractivity contribution in [1.82, 2.24) is 4.98 Å². The Bertz CT molecular complexity index is 234. The van der Waals surface area contributed by atoms with Gasteiger partial charge in [-0.3, -0.25) is 4.98 Å². The van der Waals surface area contributed by atoms with Gasteiger partial charge in [0.2, 0.25) is 0 Å². The van der Waals surface area contributed by atoms with Gasteiger partial charge < -0.3 is 4.74 Å². The van der Waals surface area contributed by atoms with Crippen molar-refractivity contribution in [3.63, 3.8) is 0 Å². The first-order valence-electron chi connectivity index (χ1n) is 4.13. The summed E-state index contributed by atoms with van der Waals surface area (Å²) < 4.78 is 5.50. The highest BCUT2D eigenvalue weighted by atomic mass is 32.2. The second-order valence-electron chi connectivity index (χ2n) is 2.74. The van der Waals surface area contributed by atoms with Crippen LogP contribution in [-0.4, -0.2) is 17.0 Å². The first kappa shape index (κ1) is 8.08. The Kier molecular flexibility index (Phi) is 2.64. The Morgan fingerprint density at radius 1 is 1.42 bits per heavy atom. The lowest BCUT2D eigenvalue weighted by Gasteiger charge is -2.07. The Morgan fingerprint density at radius 3 is 2.92 bits per heavy atom. The lowest BCUT2D eigenvalue weighted by molar-refractivity contribution is 0.173. The van der Waals surface area contributed by atoms with E-state index >= 15 is 0 Å². The molecule has 0 amide bonds. The van der Waals surface area contributed by atoms with E-state index in [1.807, 2.05) is 24.5 Å². The largest absolute Gasteiger partial charge is 0.367 e. The molecule has 1 atom stereocenters. The molecule has 1 unspecified atom stereocenters. The summed E-state index contributed by atoms with van der Waals surface area (Å²) in [6.07, 6.45) is 6.00. The average Bonchev–Trinajstić information content (AvgIpc) is 2.59. The molecule has 12 heavy (non-hydrogen) atoms. The number of ether oxygens (including phenoxy) is 1. The van der Waals surface area contributed by atoms with Crippen LogP contribution in [0.1, 0.15) is 12.8 Å². The normalized spacial score (nSPS) is 22.8. The molecule has 2 rings (SSSR count). The van der Waals surface area contributed by atoms with Crippen LogP contribution in [-0.2, 0) is 4.74 Å². The van der Waals surface area contributed by atoms with Crippen LogP contribution >= 0.6 is 11.8 Å². The van der Waals surface area contributed by atoms with Crippen molar-refractivity contribution in [2.45, 2.75) is 23.2 Å². The van der Waals surface area contributed by atoms with Gasteiger partial charge in [0.05, 0.1) is 0 Å². The van der Waals surface area contributed by atoms with Crippen LogP contribution in [0.25, 0.3) is 0 Å². The maximum absolute atomic E-state index is 5.50. The zero-order valence-corrected chi connectivity index (χ0v) is 7.59. The van der Waals surface area contributed by atoms with Crippen LogP contribution in [0.5, 0.6) is 0 Å². The maximum Gasteiger partial charge on any atom is 0.107 e. The SMILES string of the molecule is c1cc(SC2CCCO2)ccn1. The molecule has 1 saturated heterocycles. The van der Waals surface area contributed by atoms with Gasteiger partial charge in [-0.25, -0.2) is 0 Å². The van der Waals surface area contributed by atoms with Crippen molar-refractivity contribution in [2.75, 3.05) is 6.61 Å². The summed E-state index contributed by atoms with van der Waals surface area (Å²) in [6, 6.07) is 4.04. The summed E-state index contributed by atoms with van der Waals surface area (Å²) in [6.45, 7) is 0.919. The summed E-state index contributed by atoms with van der Waals surface area (Å²) in [5.41, 5.74) is 0.368. The summed E-state index contributed by atoms with van der Waals surface area (Å²) in [5, 5.41) is 0. The van der Waals surface area contributed by atoms with E-state index < -0.39 is 0 Å². The van der Waals surface area contributed by atoms with Gasteiger partial charge in [-0.2, -0.15) is 0 Å². The van der Waals surface area contributed by atoms with Crippen LogP contribution in [0.4, 0.5) is 0 Å². The molecule has 64 valence electrons. The highest BCUT2D eigenvalue weighted by molar-refractivity contribution is 7.99. The molecular formula is C9H11NOS. The van der Waals surface area contributed by atoms with E-state index in [4.69, 9.17) is 4.74 Å². The first-order valence-corrected chi connectivity index (χ1v) is 5.01. The highest BCUT2D eigenvalue weighted by Gasteiger charge is 2.15. The summed E-state index contributed by atoms with van der Waals surface area (Å²) in [4.78, 5) is 5.21. The predicted molar refractivity (Wildman–Crippen MR) is 49.1 cm³/mol. The third kappa shape index (κ3) is 1.99. The molecule has 1 aromatic rings. The summed E-state index contributed by atoms with van der Waals surface area (Å²) in [5.74, 6) is 0. The molecule has 0 saturated carbocycles. The fourth-order valence-electron chi connectivity index (χ4n) is 1.21. The molecule has 1 aromatic heterocycles. The van der Waals surface area contributed by atoms with Gasteiger partial charge in [0.25, 0.3) is 0 Å². The molecule has 3 heteroatoms. The summed E-state index contributed by atoms with van der Waals surface area (Å²) >= 11 is 1.79. The Labute approximate surface area is 76.3 Å². The first-order chi connectivity index (χ1) is 5.95. The zero-order valence-electron chi connectivity index (χ0n) is 6.77. The number of hydrogen-bond donors (Lipinski definition) is 0. The quantitative estimate of drug-likeness (QED) is 0.699. The Morgan fingerprint density at radius 2 is 2.25 bits per heavy atom. The fraction of sp³-hybridized carbons (Fsp3) is 0.444. The molecule has 2 nitrogen and oxygen atoms in total. The third-order valence-corrected chi connectivity index (χ3v) is 2.98. The smallest absolute Gasteiger partial charge is 0.107 e. The molecule has 0 aliphatic carbocycles. The number of nitrogens with zero attached hydrogens (tertiary/aromatic N) is 1. The van der Waals surface area contributed by atoms with Gasteiger partial charge >= 0.3 is 0 Å². The molecule has 0 bridgehead atoms. The van der Waals surface area contributed by atoms with E-state index in [1.54, 1.807) is 11.8 Å². The van der Waals surface area contributed by atoms with Crippen LogP contribution in [0, 0.1) is 0 Å². The molecule has 1 aliphatic heterocycles. The Hall–Kier alpha value is -0.540. The van der Waals surface area contributed by atoms with Crippen molar-refractivity contribution >= 4 is 11.8 Å². The second-order valence-corrected chi connectivity index (χ2v) is 3.98. The Balaban J connectivity index is 1.94. The minimum atomic E-state index is 0.368. The third-order valence-electron chi connectivity index (χ3n) is 1.81. The van der Waals surface area contributed by atoms with Crippen molar-refractivity contribution in [1.29, 1.82) is 0 Å². The van der Waals surface area contributed by atoms with E-state index in [9.17, 15) is 0 Å². The topological polar surface area (TPSA) is 22.1 Å². The van der Waals surface area contributed by atoms with E-state index in [0.717, 1.165) is 6.61 Å². The highest BCUT2D eigenvalue weighted by Crippen LogP contribution is 2.29. The molecule has 1 fully saturated rings. The van der Waals surface area contributed by atoms with E-state index in [1.165, 1.54) is 17.7 Å². The molecule has 2 heterocycles. The number of hydrogen-bond acceptors (Lipinski definition) is 3. The number of thioether (sulfide) groups is 1. The van der Waals surface area contributed by atoms with Gasteiger partial charge in [-0.15, -0.1) is 0 Å². The standard InChI is InChI=1S/C9H11NOS/c1-2-9(11-7-1)12-8-3-5-10-6-4-8/h3-6,9H,1-2,7H2. The summed E-state index contributed by atoms with van der Waals surface area (Å²) in [7, 11) is 0. The zero-order chi connectivity index (χ0) is 8.23. The van der Waals surface area contributed by atoms with Gasteiger partial charge in [0, 0.05) is 23.9 Å². The average molecular weight is 181 g/mol. The lowest BCUT2D eigenvalue weighted by atomic mass is 10.4. The van der Waals surface area contributed by atoms with Gasteiger partial charge in [-0.05, 0) is 25.0 Å². The number of aromatic nitrogens is 1. The second kappa shape index (κ2) is 3.92. The van der Waals surface area contributed by atoms with E-state index in [0.29, 0.717) is 5.44 Å². The van der Waals surface area contributed by atoms with Crippen LogP contribution < -0.4 is 0 Å². The fourth-order valence-corrected chi connectivity index (χ4v) is 2.24. The number of rotatable bonds is 2. The molecule has 0 N–H and O–H groups in total. The van der Waals surface area contributed by atoms with Crippen LogP contribution in [0.2, 0.25) is 0 Å². The maximum atomic E-state index is 5.50. The van der Waals surface area contributed by atoms with Gasteiger partial charge in [0.15, 0.2) is 0 Å². The minimum Gasteiger partial charge on any atom is -0.367 e. The van der Waals surface area contributed by atoms with Crippen molar-refractivity contribution < 1.29 is 4.74 Å². The van der Waals surface area contributed by atoms with Crippen molar-refractivity contribution in [3.8, 4) is 0 Å². The number of pyridine rings is 1. The van der Waals surface area contributed by atoms with Crippen LogP contribution in [0.3, 0.4) is 0 Å². The lowest BCUT2D eigenvalue weighted by Crippen LogP contribution is -1.97.